The van der Waals surface area contributed by atoms with Gasteiger partial charge in [0, 0.05) is 19.3 Å². The van der Waals surface area contributed by atoms with Crippen molar-refractivity contribution in [3.63, 3.8) is 0 Å². The maximum Gasteiger partial charge on any atom is 0.243 e. The number of anilines is 1. The second kappa shape index (κ2) is 8.36. The molecule has 3 rings (SSSR count). The lowest BCUT2D eigenvalue weighted by Gasteiger charge is -2.31. The van der Waals surface area contributed by atoms with Crippen LogP contribution in [0.4, 0.5) is 5.82 Å². The summed E-state index contributed by atoms with van der Waals surface area (Å²) in [6, 6.07) is 7.82. The van der Waals surface area contributed by atoms with Crippen molar-refractivity contribution in [1.82, 2.24) is 9.29 Å². The van der Waals surface area contributed by atoms with Gasteiger partial charge in [-0.25, -0.2) is 27.0 Å². The van der Waals surface area contributed by atoms with Gasteiger partial charge < -0.3 is 5.32 Å². The van der Waals surface area contributed by atoms with Gasteiger partial charge in [0.2, 0.25) is 26.0 Å². The highest BCUT2D eigenvalue weighted by molar-refractivity contribution is 7.89. The Morgan fingerprint density at radius 3 is 2.34 bits per heavy atom. The van der Waals surface area contributed by atoms with Gasteiger partial charge in [0.1, 0.15) is 5.82 Å². The van der Waals surface area contributed by atoms with E-state index in [1.165, 1.54) is 22.6 Å². The molecule has 2 heterocycles. The van der Waals surface area contributed by atoms with Crippen LogP contribution in [0.2, 0.25) is 5.02 Å². The summed E-state index contributed by atoms with van der Waals surface area (Å²) in [5.74, 6) is -0.540. The van der Waals surface area contributed by atoms with Crippen molar-refractivity contribution in [2.75, 3.05) is 18.4 Å². The fourth-order valence-electron chi connectivity index (χ4n) is 3.00. The number of primary sulfonamides is 1. The average molecular weight is 459 g/mol. The van der Waals surface area contributed by atoms with Gasteiger partial charge in [0.15, 0.2) is 0 Å². The molecular weight excluding hydrogens is 440 g/mol. The minimum atomic E-state index is -3.92. The smallest absolute Gasteiger partial charge is 0.243 e. The summed E-state index contributed by atoms with van der Waals surface area (Å²) in [4.78, 5) is 16.3. The molecule has 12 heteroatoms. The fourth-order valence-corrected chi connectivity index (χ4v) is 5.15. The normalized spacial score (nSPS) is 18.3. The Labute approximate surface area is 174 Å². The molecule has 0 saturated carbocycles. The number of sulfonamides is 2. The summed E-state index contributed by atoms with van der Waals surface area (Å²) in [5, 5.41) is 8.14. The van der Waals surface area contributed by atoms with E-state index in [1.54, 1.807) is 12.1 Å². The third-order valence-corrected chi connectivity index (χ3v) is 7.56. The molecule has 3 N–H and O–H groups in total. The summed E-state index contributed by atoms with van der Waals surface area (Å²) in [6.45, 7) is 0.279. The number of amides is 1. The molecule has 9 nitrogen and oxygen atoms in total. The monoisotopic (exact) mass is 458 g/mol. The van der Waals surface area contributed by atoms with E-state index in [4.69, 9.17) is 16.7 Å². The van der Waals surface area contributed by atoms with Gasteiger partial charge >= 0.3 is 0 Å². The standard InChI is InChI=1S/C17H19ClN4O5S2/c18-13-3-8-16(20-10-13)21-17(23)12-2-1-9-22(11-12)29(26,27)15-6-4-14(5-7-15)28(19,24)25/h3-8,10,12H,1-2,9,11H2,(H2,19,24,25)(H,20,21,23)/t12-/m0/s1. The van der Waals surface area contributed by atoms with Crippen molar-refractivity contribution < 1.29 is 21.6 Å². The molecule has 1 aromatic heterocycles. The van der Waals surface area contributed by atoms with Crippen LogP contribution in [0.15, 0.2) is 52.4 Å². The zero-order valence-electron chi connectivity index (χ0n) is 15.2. The summed E-state index contributed by atoms with van der Waals surface area (Å²) >= 11 is 5.77. The number of carbonyl (C=O) groups is 1. The summed E-state index contributed by atoms with van der Waals surface area (Å²) in [6.07, 6.45) is 2.45. The molecule has 1 fully saturated rings. The lowest BCUT2D eigenvalue weighted by atomic mass is 9.99. The third-order valence-electron chi connectivity index (χ3n) is 4.52. The number of carbonyl (C=O) groups excluding carboxylic acids is 1. The predicted octanol–water partition coefficient (Wildman–Crippen LogP) is 1.42. The molecule has 1 atom stereocenters. The van der Waals surface area contributed by atoms with Crippen LogP contribution in [-0.4, -0.2) is 45.1 Å². The largest absolute Gasteiger partial charge is 0.310 e. The number of hydrogen-bond donors (Lipinski definition) is 2. The van der Waals surface area contributed by atoms with E-state index in [0.29, 0.717) is 23.7 Å². The molecule has 156 valence electrons. The van der Waals surface area contributed by atoms with Crippen molar-refractivity contribution in [2.24, 2.45) is 11.1 Å². The minimum absolute atomic E-state index is 0.0126. The number of nitrogens with one attached hydrogen (secondary N) is 1. The van der Waals surface area contributed by atoms with E-state index in [1.807, 2.05) is 0 Å². The Morgan fingerprint density at radius 2 is 1.76 bits per heavy atom. The number of piperidine rings is 1. The first-order valence-corrected chi connectivity index (χ1v) is 12.0. The highest BCUT2D eigenvalue weighted by atomic mass is 35.5. The van der Waals surface area contributed by atoms with Gasteiger partial charge in [-0.2, -0.15) is 4.31 Å². The van der Waals surface area contributed by atoms with E-state index in [9.17, 15) is 21.6 Å². The molecule has 1 amide bonds. The quantitative estimate of drug-likeness (QED) is 0.694. The lowest BCUT2D eigenvalue weighted by molar-refractivity contribution is -0.120. The van der Waals surface area contributed by atoms with Crippen molar-refractivity contribution >= 4 is 43.4 Å². The highest BCUT2D eigenvalue weighted by Gasteiger charge is 2.33. The van der Waals surface area contributed by atoms with Crippen molar-refractivity contribution in [3.8, 4) is 0 Å². The van der Waals surface area contributed by atoms with Gasteiger partial charge in [-0.15, -0.1) is 0 Å². The Hall–Kier alpha value is -2.05. The van der Waals surface area contributed by atoms with Crippen LogP contribution in [0.3, 0.4) is 0 Å². The van der Waals surface area contributed by atoms with Crippen molar-refractivity contribution in [2.45, 2.75) is 22.6 Å². The predicted molar refractivity (Wildman–Crippen MR) is 107 cm³/mol. The number of rotatable bonds is 5. The fraction of sp³-hybridized carbons (Fsp3) is 0.294. The van der Waals surface area contributed by atoms with Gasteiger partial charge in [-0.1, -0.05) is 11.6 Å². The zero-order chi connectivity index (χ0) is 21.2. The minimum Gasteiger partial charge on any atom is -0.310 e. The Kier molecular flexibility index (Phi) is 6.24. The van der Waals surface area contributed by atoms with E-state index in [2.05, 4.69) is 10.3 Å². The second-order valence-corrected chi connectivity index (χ2v) is 10.5. The number of halogens is 1. The van der Waals surface area contributed by atoms with Crippen molar-refractivity contribution in [1.29, 1.82) is 0 Å². The van der Waals surface area contributed by atoms with E-state index >= 15 is 0 Å². The topological polar surface area (TPSA) is 140 Å². The van der Waals surface area contributed by atoms with Gasteiger partial charge in [0.05, 0.1) is 20.7 Å². The van der Waals surface area contributed by atoms with Crippen LogP contribution in [0, 0.1) is 5.92 Å². The second-order valence-electron chi connectivity index (χ2n) is 6.57. The maximum atomic E-state index is 12.9. The molecule has 1 saturated heterocycles. The Morgan fingerprint density at radius 1 is 1.10 bits per heavy atom. The number of hydrogen-bond acceptors (Lipinski definition) is 6. The molecule has 2 aromatic rings. The molecule has 1 aromatic carbocycles. The maximum absolute atomic E-state index is 12.9. The van der Waals surface area contributed by atoms with Gasteiger partial charge in [-0.05, 0) is 49.2 Å². The van der Waals surface area contributed by atoms with Crippen LogP contribution in [0.25, 0.3) is 0 Å². The number of aromatic nitrogens is 1. The molecule has 29 heavy (non-hydrogen) atoms. The SMILES string of the molecule is NS(=O)(=O)c1ccc(S(=O)(=O)N2CCC[C@H](C(=O)Nc3ccc(Cl)cn3)C2)cc1. The Bertz CT molecular complexity index is 1100. The first-order valence-electron chi connectivity index (χ1n) is 8.63. The average Bonchev–Trinajstić information content (AvgIpc) is 2.69. The number of nitrogens with zero attached hydrogens (tertiary/aromatic N) is 2. The first kappa shape index (κ1) is 21.7. The van der Waals surface area contributed by atoms with Crippen LogP contribution in [0.1, 0.15) is 12.8 Å². The van der Waals surface area contributed by atoms with Crippen molar-refractivity contribution in [3.05, 3.63) is 47.6 Å². The molecule has 0 aliphatic carbocycles. The van der Waals surface area contributed by atoms with E-state index in [-0.39, 0.29) is 28.8 Å². The number of benzene rings is 1. The molecule has 0 unspecified atom stereocenters. The molecule has 0 radical (unpaired) electrons. The number of pyridine rings is 1. The summed E-state index contributed by atoms with van der Waals surface area (Å²) in [5.41, 5.74) is 0. The molecule has 0 spiro atoms. The molecule has 1 aliphatic heterocycles. The van der Waals surface area contributed by atoms with Crippen LogP contribution in [-0.2, 0) is 24.8 Å². The van der Waals surface area contributed by atoms with Gasteiger partial charge in [0.25, 0.3) is 0 Å². The first-order chi connectivity index (χ1) is 13.6. The summed E-state index contributed by atoms with van der Waals surface area (Å²) < 4.78 is 49.7. The van der Waals surface area contributed by atoms with Crippen LogP contribution < -0.4 is 10.5 Å². The van der Waals surface area contributed by atoms with Crippen LogP contribution in [0.5, 0.6) is 0 Å². The lowest BCUT2D eigenvalue weighted by Crippen LogP contribution is -2.43. The molecule has 0 bridgehead atoms. The third kappa shape index (κ3) is 5.11. The molecular formula is C17H19ClN4O5S2. The summed E-state index contributed by atoms with van der Waals surface area (Å²) in [7, 11) is -7.80. The van der Waals surface area contributed by atoms with Crippen LogP contribution >= 0.6 is 11.6 Å². The zero-order valence-corrected chi connectivity index (χ0v) is 17.5. The van der Waals surface area contributed by atoms with E-state index in [0.717, 1.165) is 12.1 Å². The van der Waals surface area contributed by atoms with Gasteiger partial charge in [-0.3, -0.25) is 4.79 Å². The van der Waals surface area contributed by atoms with E-state index < -0.39 is 26.0 Å². The number of nitrogens with two attached hydrogens (primary N) is 1. The molecule has 1 aliphatic rings. The highest BCUT2D eigenvalue weighted by Crippen LogP contribution is 2.25. The Balaban J connectivity index is 1.73.